The van der Waals surface area contributed by atoms with Gasteiger partial charge in [-0.15, -0.1) is 0 Å². The van der Waals surface area contributed by atoms with E-state index in [2.05, 4.69) is 30.2 Å². The van der Waals surface area contributed by atoms with Gasteiger partial charge in [0.25, 0.3) is 0 Å². The summed E-state index contributed by atoms with van der Waals surface area (Å²) in [6.07, 6.45) is 9.39. The summed E-state index contributed by atoms with van der Waals surface area (Å²) in [5.74, 6) is 2.78. The van der Waals surface area contributed by atoms with Crippen LogP contribution in [0.15, 0.2) is 0 Å². The Kier molecular flexibility index (Phi) is 2.40. The molecule has 1 saturated heterocycles. The van der Waals surface area contributed by atoms with Gasteiger partial charge in [0, 0.05) is 26.1 Å². The van der Waals surface area contributed by atoms with Gasteiger partial charge in [0.2, 0.25) is 0 Å². The first kappa shape index (κ1) is 12.2. The van der Waals surface area contributed by atoms with E-state index >= 15 is 0 Å². The lowest BCUT2D eigenvalue weighted by molar-refractivity contribution is -0.140. The van der Waals surface area contributed by atoms with E-state index in [9.17, 15) is 5.26 Å². The molecule has 4 aliphatic carbocycles. The summed E-state index contributed by atoms with van der Waals surface area (Å²) >= 11 is 0. The summed E-state index contributed by atoms with van der Waals surface area (Å²) in [6.45, 7) is 1.05. The third kappa shape index (κ3) is 1.40. The maximum atomic E-state index is 10.0. The summed E-state index contributed by atoms with van der Waals surface area (Å²) in [7, 11) is 4.29. The van der Waals surface area contributed by atoms with Crippen molar-refractivity contribution < 1.29 is 0 Å². The van der Waals surface area contributed by atoms with Crippen molar-refractivity contribution in [2.45, 2.75) is 50.5 Å². The molecule has 5 fully saturated rings. The molecule has 1 heterocycles. The molecular formula is C16H25N3. The van der Waals surface area contributed by atoms with Crippen LogP contribution in [0.4, 0.5) is 0 Å². The topological polar surface area (TPSA) is 30.3 Å². The average molecular weight is 259 g/mol. The van der Waals surface area contributed by atoms with Crippen LogP contribution in [-0.4, -0.2) is 36.2 Å². The van der Waals surface area contributed by atoms with Crippen molar-refractivity contribution >= 4 is 0 Å². The van der Waals surface area contributed by atoms with Gasteiger partial charge in [-0.1, -0.05) is 0 Å². The molecule has 3 nitrogen and oxygen atoms in total. The van der Waals surface area contributed by atoms with Crippen LogP contribution in [0.25, 0.3) is 0 Å². The highest BCUT2D eigenvalue weighted by molar-refractivity contribution is 5.23. The number of nitriles is 1. The van der Waals surface area contributed by atoms with Crippen LogP contribution in [-0.2, 0) is 0 Å². The highest BCUT2D eigenvalue weighted by Gasteiger charge is 2.64. The molecule has 0 spiro atoms. The van der Waals surface area contributed by atoms with Crippen molar-refractivity contribution in [2.24, 2.45) is 23.2 Å². The van der Waals surface area contributed by atoms with Gasteiger partial charge in [-0.3, -0.25) is 0 Å². The van der Waals surface area contributed by atoms with Crippen molar-refractivity contribution in [1.82, 2.24) is 10.0 Å². The van der Waals surface area contributed by atoms with Crippen molar-refractivity contribution in [3.8, 4) is 6.07 Å². The molecule has 1 aliphatic heterocycles. The summed E-state index contributed by atoms with van der Waals surface area (Å²) in [4.78, 5) is 0. The van der Waals surface area contributed by atoms with E-state index in [1.807, 2.05) is 0 Å². The fourth-order valence-corrected chi connectivity index (χ4v) is 6.40. The van der Waals surface area contributed by atoms with Crippen molar-refractivity contribution in [1.29, 1.82) is 5.26 Å². The number of hydrogen-bond donors (Lipinski definition) is 0. The van der Waals surface area contributed by atoms with E-state index in [0.29, 0.717) is 5.41 Å². The maximum absolute atomic E-state index is 10.0. The lowest BCUT2D eigenvalue weighted by Gasteiger charge is -2.62. The Morgan fingerprint density at radius 2 is 1.53 bits per heavy atom. The van der Waals surface area contributed by atoms with Crippen molar-refractivity contribution in [3.63, 3.8) is 0 Å². The van der Waals surface area contributed by atoms with E-state index in [4.69, 9.17) is 0 Å². The molecule has 0 radical (unpaired) electrons. The molecule has 4 saturated carbocycles. The van der Waals surface area contributed by atoms with Gasteiger partial charge in [0.15, 0.2) is 0 Å². The summed E-state index contributed by atoms with van der Waals surface area (Å²) in [6, 6.07) is 2.80. The smallest absolute Gasteiger partial charge is 0.128 e. The van der Waals surface area contributed by atoms with E-state index in [-0.39, 0.29) is 5.54 Å². The lowest BCUT2D eigenvalue weighted by Crippen LogP contribution is -2.63. The zero-order chi connectivity index (χ0) is 13.3. The maximum Gasteiger partial charge on any atom is 0.128 e. The van der Waals surface area contributed by atoms with Crippen LogP contribution in [0.2, 0.25) is 0 Å². The Morgan fingerprint density at radius 1 is 1.00 bits per heavy atom. The highest BCUT2D eigenvalue weighted by Crippen LogP contribution is 2.65. The van der Waals surface area contributed by atoms with Crippen LogP contribution in [0.5, 0.6) is 0 Å². The number of hydrogen-bond acceptors (Lipinski definition) is 3. The van der Waals surface area contributed by atoms with E-state index < -0.39 is 0 Å². The minimum absolute atomic E-state index is 0.211. The molecule has 1 atom stereocenters. The molecule has 1 unspecified atom stereocenters. The third-order valence-electron chi connectivity index (χ3n) is 6.96. The molecule has 5 aliphatic rings. The molecular weight excluding hydrogens is 234 g/mol. The highest BCUT2D eigenvalue weighted by atomic mass is 15.7. The zero-order valence-electron chi connectivity index (χ0n) is 12.2. The Bertz CT molecular complexity index is 402. The van der Waals surface area contributed by atoms with E-state index in [1.165, 1.54) is 38.5 Å². The second kappa shape index (κ2) is 3.74. The average Bonchev–Trinajstić information content (AvgIpc) is 2.66. The largest absolute Gasteiger partial charge is 0.244 e. The van der Waals surface area contributed by atoms with Crippen LogP contribution in [0.3, 0.4) is 0 Å². The SMILES string of the molecule is CN1CCC(C#N)(C23CC4CC(CC(C4)C2)C3)N1C. The van der Waals surface area contributed by atoms with Crippen LogP contribution >= 0.6 is 0 Å². The number of hydrazine groups is 1. The van der Waals surface area contributed by atoms with Gasteiger partial charge in [0.1, 0.15) is 5.54 Å². The molecule has 19 heavy (non-hydrogen) atoms. The van der Waals surface area contributed by atoms with E-state index in [1.54, 1.807) is 0 Å². The number of rotatable bonds is 1. The fraction of sp³-hybridized carbons (Fsp3) is 0.938. The van der Waals surface area contributed by atoms with Gasteiger partial charge in [0.05, 0.1) is 6.07 Å². The van der Waals surface area contributed by atoms with Gasteiger partial charge in [-0.2, -0.15) is 5.26 Å². The van der Waals surface area contributed by atoms with Gasteiger partial charge < -0.3 is 0 Å². The minimum atomic E-state index is -0.211. The molecule has 0 N–H and O–H groups in total. The monoisotopic (exact) mass is 259 g/mol. The fourth-order valence-electron chi connectivity index (χ4n) is 6.40. The van der Waals surface area contributed by atoms with Crippen LogP contribution in [0, 0.1) is 34.5 Å². The first-order chi connectivity index (χ1) is 9.08. The Morgan fingerprint density at radius 3 is 1.89 bits per heavy atom. The lowest BCUT2D eigenvalue weighted by atomic mass is 9.44. The predicted molar refractivity (Wildman–Crippen MR) is 74.0 cm³/mol. The first-order valence-corrected chi connectivity index (χ1v) is 7.95. The second-order valence-corrected chi connectivity index (χ2v) is 7.82. The minimum Gasteiger partial charge on any atom is -0.244 e. The van der Waals surface area contributed by atoms with Gasteiger partial charge >= 0.3 is 0 Å². The second-order valence-electron chi connectivity index (χ2n) is 7.82. The van der Waals surface area contributed by atoms with E-state index in [0.717, 1.165) is 30.7 Å². The molecule has 0 aromatic heterocycles. The first-order valence-electron chi connectivity index (χ1n) is 7.95. The molecule has 3 heteroatoms. The molecule has 4 bridgehead atoms. The van der Waals surface area contributed by atoms with Crippen LogP contribution in [0.1, 0.15) is 44.9 Å². The van der Waals surface area contributed by atoms with Gasteiger partial charge in [-0.25, -0.2) is 10.0 Å². The van der Waals surface area contributed by atoms with Crippen molar-refractivity contribution in [2.75, 3.05) is 20.6 Å². The van der Waals surface area contributed by atoms with Crippen molar-refractivity contribution in [3.05, 3.63) is 0 Å². The molecule has 0 amide bonds. The Balaban J connectivity index is 1.76. The molecule has 0 aromatic rings. The standard InChI is InChI=1S/C16H25N3/c1-18-4-3-16(11-17,19(18)2)15-8-12-5-13(9-15)7-14(6-12)10-15/h12-14H,3-10H2,1-2H3. The number of nitrogens with zero attached hydrogens (tertiary/aromatic N) is 3. The summed E-state index contributed by atoms with van der Waals surface area (Å²) in [5.41, 5.74) is 0.0910. The zero-order valence-corrected chi connectivity index (χ0v) is 12.2. The quantitative estimate of drug-likeness (QED) is 0.725. The third-order valence-corrected chi connectivity index (χ3v) is 6.96. The Hall–Kier alpha value is -0.590. The molecule has 5 rings (SSSR count). The van der Waals surface area contributed by atoms with Gasteiger partial charge in [-0.05, 0) is 62.7 Å². The summed E-state index contributed by atoms with van der Waals surface area (Å²) < 4.78 is 0. The summed E-state index contributed by atoms with van der Waals surface area (Å²) in [5, 5.41) is 14.6. The normalized spacial score (nSPS) is 53.6. The Labute approximate surface area is 116 Å². The van der Waals surface area contributed by atoms with Crippen LogP contribution < -0.4 is 0 Å². The molecule has 104 valence electrons. The molecule has 0 aromatic carbocycles. The predicted octanol–water partition coefficient (Wildman–Crippen LogP) is 2.65.